The Labute approximate surface area is 194 Å². The second-order valence-corrected chi connectivity index (χ2v) is 10.1. The molecule has 0 radical (unpaired) electrons. The molecule has 1 saturated heterocycles. The summed E-state index contributed by atoms with van der Waals surface area (Å²) in [4.78, 5) is 27.5. The van der Waals surface area contributed by atoms with Gasteiger partial charge in [0, 0.05) is 35.5 Å². The Morgan fingerprint density at radius 2 is 2.06 bits per heavy atom. The zero-order valence-corrected chi connectivity index (χ0v) is 19.6. The summed E-state index contributed by atoms with van der Waals surface area (Å²) >= 11 is 0. The molecule has 3 aliphatic rings. The van der Waals surface area contributed by atoms with Gasteiger partial charge in [0.05, 0.1) is 5.60 Å². The molecule has 178 valence electrons. The molecule has 2 aromatic rings. The highest BCUT2D eigenvalue weighted by molar-refractivity contribution is 5.83. The molecule has 33 heavy (non-hydrogen) atoms. The van der Waals surface area contributed by atoms with Crippen LogP contribution in [0, 0.1) is 5.92 Å². The smallest absolute Gasteiger partial charge is 0.339 e. The summed E-state index contributed by atoms with van der Waals surface area (Å²) in [5.74, 6) is 0.667. The molecule has 1 saturated carbocycles. The van der Waals surface area contributed by atoms with Crippen LogP contribution in [0.1, 0.15) is 75.8 Å². The number of carbonyl (C=O) groups is 1. The van der Waals surface area contributed by atoms with Gasteiger partial charge in [0.25, 0.3) is 5.91 Å². The SMILES string of the molecule is CCCC[C@@H]1[C@H]2CCCC[C@@]2(O)CCN1C(=O)COc1ccc2c3c(c(=O)oc2c1)CCC3. The third-order valence-corrected chi connectivity index (χ3v) is 8.20. The predicted molar refractivity (Wildman–Crippen MR) is 127 cm³/mol. The molecule has 2 aliphatic carbocycles. The van der Waals surface area contributed by atoms with Gasteiger partial charge in [-0.25, -0.2) is 4.79 Å². The van der Waals surface area contributed by atoms with Gasteiger partial charge < -0.3 is 19.2 Å². The van der Waals surface area contributed by atoms with Crippen molar-refractivity contribution < 1.29 is 19.1 Å². The molecule has 2 heterocycles. The van der Waals surface area contributed by atoms with Gasteiger partial charge >= 0.3 is 5.63 Å². The van der Waals surface area contributed by atoms with Gasteiger partial charge in [-0.15, -0.1) is 0 Å². The van der Waals surface area contributed by atoms with E-state index < -0.39 is 5.60 Å². The van der Waals surface area contributed by atoms with Gasteiger partial charge in [-0.05, 0) is 62.6 Å². The van der Waals surface area contributed by atoms with E-state index in [9.17, 15) is 14.7 Å². The summed E-state index contributed by atoms with van der Waals surface area (Å²) in [6.45, 7) is 2.70. The Balaban J connectivity index is 1.31. The first kappa shape index (κ1) is 22.5. The third-order valence-electron chi connectivity index (χ3n) is 8.20. The standard InChI is InChI=1S/C27H35NO5/c1-2-3-10-23-22-9-4-5-13-27(22,31)14-15-28(23)25(29)17-32-18-11-12-20-19-7-6-8-21(19)26(30)33-24(20)16-18/h11-12,16,22-23,31H,2-10,13-15,17H2,1H3/t22-,23-,27-/m1/s1. The van der Waals surface area contributed by atoms with Crippen molar-refractivity contribution in [2.24, 2.45) is 5.92 Å². The summed E-state index contributed by atoms with van der Waals surface area (Å²) in [5.41, 5.74) is 1.55. The van der Waals surface area contributed by atoms with E-state index in [0.717, 1.165) is 80.7 Å². The van der Waals surface area contributed by atoms with Crippen LogP contribution in [0.25, 0.3) is 11.0 Å². The van der Waals surface area contributed by atoms with E-state index in [1.54, 1.807) is 6.07 Å². The summed E-state index contributed by atoms with van der Waals surface area (Å²) < 4.78 is 11.4. The Hall–Kier alpha value is -2.34. The van der Waals surface area contributed by atoms with Gasteiger partial charge in [-0.1, -0.05) is 32.6 Å². The summed E-state index contributed by atoms with van der Waals surface area (Å²) in [6, 6.07) is 5.61. The predicted octanol–water partition coefficient (Wildman–Crippen LogP) is 4.37. The quantitative estimate of drug-likeness (QED) is 0.657. The molecular weight excluding hydrogens is 418 g/mol. The van der Waals surface area contributed by atoms with E-state index in [1.165, 1.54) is 0 Å². The van der Waals surface area contributed by atoms with E-state index in [0.29, 0.717) is 24.3 Å². The maximum Gasteiger partial charge on any atom is 0.339 e. The van der Waals surface area contributed by atoms with Crippen molar-refractivity contribution in [3.8, 4) is 5.75 Å². The molecule has 1 aromatic carbocycles. The summed E-state index contributed by atoms with van der Waals surface area (Å²) in [7, 11) is 0. The number of fused-ring (bicyclic) bond motifs is 4. The lowest BCUT2D eigenvalue weighted by atomic mass is 9.66. The maximum atomic E-state index is 13.2. The number of unbranched alkanes of at least 4 members (excludes halogenated alkanes) is 1. The number of likely N-dealkylation sites (tertiary alicyclic amines) is 1. The first-order valence-corrected chi connectivity index (χ1v) is 12.7. The van der Waals surface area contributed by atoms with Crippen LogP contribution >= 0.6 is 0 Å². The highest BCUT2D eigenvalue weighted by Crippen LogP contribution is 2.44. The van der Waals surface area contributed by atoms with E-state index >= 15 is 0 Å². The van der Waals surface area contributed by atoms with Crippen LogP contribution in [0.5, 0.6) is 5.75 Å². The molecule has 6 nitrogen and oxygen atoms in total. The number of nitrogens with zero attached hydrogens (tertiary/aromatic N) is 1. The van der Waals surface area contributed by atoms with E-state index in [1.807, 2.05) is 17.0 Å². The zero-order chi connectivity index (χ0) is 23.0. The first-order chi connectivity index (χ1) is 16.0. The molecule has 2 fully saturated rings. The van der Waals surface area contributed by atoms with Gasteiger partial charge in [0.2, 0.25) is 0 Å². The fourth-order valence-electron chi connectivity index (χ4n) is 6.47. The molecule has 3 atom stereocenters. The molecule has 6 heteroatoms. The van der Waals surface area contributed by atoms with Crippen LogP contribution in [0.15, 0.2) is 27.4 Å². The molecule has 5 rings (SSSR count). The molecule has 1 aliphatic heterocycles. The number of hydrogen-bond donors (Lipinski definition) is 1. The summed E-state index contributed by atoms with van der Waals surface area (Å²) in [5, 5.41) is 12.2. The zero-order valence-electron chi connectivity index (χ0n) is 19.6. The van der Waals surface area contributed by atoms with Crippen molar-refractivity contribution in [1.82, 2.24) is 4.90 Å². The topological polar surface area (TPSA) is 80.0 Å². The Morgan fingerprint density at radius 3 is 2.91 bits per heavy atom. The number of ether oxygens (including phenoxy) is 1. The molecule has 1 aromatic heterocycles. The lowest BCUT2D eigenvalue weighted by molar-refractivity contribution is -0.157. The van der Waals surface area contributed by atoms with Crippen molar-refractivity contribution in [3.05, 3.63) is 39.7 Å². The van der Waals surface area contributed by atoms with Gasteiger partial charge in [-0.2, -0.15) is 0 Å². The Morgan fingerprint density at radius 1 is 1.21 bits per heavy atom. The van der Waals surface area contributed by atoms with Gasteiger partial charge in [0.1, 0.15) is 11.3 Å². The fraction of sp³-hybridized carbons (Fsp3) is 0.630. The van der Waals surface area contributed by atoms with Crippen LogP contribution in [0.3, 0.4) is 0 Å². The normalized spacial score (nSPS) is 26.8. The molecule has 0 spiro atoms. The van der Waals surface area contributed by atoms with Crippen molar-refractivity contribution >= 4 is 16.9 Å². The number of carbonyl (C=O) groups excluding carboxylic acids is 1. The van der Waals surface area contributed by atoms with Crippen LogP contribution in [0.4, 0.5) is 0 Å². The minimum atomic E-state index is -0.621. The largest absolute Gasteiger partial charge is 0.484 e. The molecule has 0 bridgehead atoms. The number of benzene rings is 1. The lowest BCUT2D eigenvalue weighted by Gasteiger charge is -2.52. The number of hydrogen-bond acceptors (Lipinski definition) is 5. The highest BCUT2D eigenvalue weighted by atomic mass is 16.5. The van der Waals surface area contributed by atoms with E-state index in [4.69, 9.17) is 9.15 Å². The van der Waals surface area contributed by atoms with Crippen LogP contribution in [-0.4, -0.2) is 40.7 Å². The Bertz CT molecular complexity index is 1090. The minimum absolute atomic E-state index is 0.0285. The van der Waals surface area contributed by atoms with Gasteiger partial charge in [0.15, 0.2) is 6.61 Å². The molecule has 0 unspecified atom stereocenters. The van der Waals surface area contributed by atoms with Crippen LogP contribution < -0.4 is 10.4 Å². The van der Waals surface area contributed by atoms with E-state index in [-0.39, 0.29) is 30.1 Å². The number of piperidine rings is 1. The molecule has 1 amide bonds. The monoisotopic (exact) mass is 453 g/mol. The first-order valence-electron chi connectivity index (χ1n) is 12.7. The number of rotatable bonds is 6. The van der Waals surface area contributed by atoms with Crippen LogP contribution in [-0.2, 0) is 17.6 Å². The molecular formula is C27H35NO5. The van der Waals surface area contributed by atoms with Crippen molar-refractivity contribution in [2.75, 3.05) is 13.2 Å². The molecule has 1 N–H and O–H groups in total. The van der Waals surface area contributed by atoms with Crippen LogP contribution in [0.2, 0.25) is 0 Å². The average Bonchev–Trinajstić information content (AvgIpc) is 3.31. The summed E-state index contributed by atoms with van der Waals surface area (Å²) in [6.07, 6.45) is 10.4. The number of aliphatic hydroxyl groups is 1. The highest BCUT2D eigenvalue weighted by Gasteiger charge is 2.49. The number of aryl methyl sites for hydroxylation is 1. The van der Waals surface area contributed by atoms with E-state index in [2.05, 4.69) is 6.92 Å². The van der Waals surface area contributed by atoms with Gasteiger partial charge in [-0.3, -0.25) is 4.79 Å². The van der Waals surface area contributed by atoms with Crippen molar-refractivity contribution in [2.45, 2.75) is 89.2 Å². The Kier molecular flexibility index (Phi) is 6.21. The number of amides is 1. The van der Waals surface area contributed by atoms with Crippen molar-refractivity contribution in [1.29, 1.82) is 0 Å². The lowest BCUT2D eigenvalue weighted by Crippen LogP contribution is -2.61. The fourth-order valence-corrected chi connectivity index (χ4v) is 6.47. The second kappa shape index (κ2) is 9.13. The third kappa shape index (κ3) is 4.18. The maximum absolute atomic E-state index is 13.2. The van der Waals surface area contributed by atoms with Crippen molar-refractivity contribution in [3.63, 3.8) is 0 Å². The average molecular weight is 454 g/mol. The minimum Gasteiger partial charge on any atom is -0.484 e. The second-order valence-electron chi connectivity index (χ2n) is 10.1.